The van der Waals surface area contributed by atoms with Crippen molar-refractivity contribution < 1.29 is 14.5 Å². The molecule has 6 nitrogen and oxygen atoms in total. The zero-order valence-corrected chi connectivity index (χ0v) is 13.5. The van der Waals surface area contributed by atoms with E-state index in [2.05, 4.69) is 5.32 Å². The molecule has 23 heavy (non-hydrogen) atoms. The minimum atomic E-state index is -0.694. The van der Waals surface area contributed by atoms with E-state index in [9.17, 15) is 19.7 Å². The van der Waals surface area contributed by atoms with Crippen LogP contribution >= 0.6 is 0 Å². The van der Waals surface area contributed by atoms with E-state index in [1.165, 1.54) is 24.3 Å². The van der Waals surface area contributed by atoms with Gasteiger partial charge in [0.2, 0.25) is 5.91 Å². The largest absolute Gasteiger partial charge is 0.326 e. The Bertz CT molecular complexity index is 710. The number of non-ortho nitro benzene ring substituents is 1. The van der Waals surface area contributed by atoms with Crippen molar-refractivity contribution in [3.63, 3.8) is 0 Å². The van der Waals surface area contributed by atoms with Crippen LogP contribution < -0.4 is 5.32 Å². The molecule has 2 bridgehead atoms. The van der Waals surface area contributed by atoms with Crippen LogP contribution in [0.2, 0.25) is 0 Å². The molecule has 2 atom stereocenters. The van der Waals surface area contributed by atoms with Gasteiger partial charge in [-0.1, -0.05) is 20.8 Å². The standard InChI is InChI=1S/C17H20N2O4/c1-15(2)16(3)8-9-17(15,10-13(16)20)14(21)18-11-4-6-12(7-5-11)19(22)23/h4-7H,8-10H2,1-3H3,(H,18,21)/t16-,17+/m0/s1. The lowest BCUT2D eigenvalue weighted by Gasteiger charge is -2.38. The number of anilines is 1. The fourth-order valence-corrected chi connectivity index (χ4v) is 4.28. The van der Waals surface area contributed by atoms with E-state index in [1.807, 2.05) is 20.8 Å². The number of nitrogens with zero attached hydrogens (tertiary/aromatic N) is 1. The first-order valence-electron chi connectivity index (χ1n) is 7.73. The molecule has 6 heteroatoms. The van der Waals surface area contributed by atoms with Crippen molar-refractivity contribution >= 4 is 23.1 Å². The highest BCUT2D eigenvalue weighted by Gasteiger charge is 2.72. The van der Waals surface area contributed by atoms with Crippen LogP contribution in [-0.4, -0.2) is 16.6 Å². The second-order valence-corrected chi connectivity index (χ2v) is 7.40. The number of Topliss-reactive ketones (excluding diaryl/α,β-unsaturated/α-hetero) is 1. The van der Waals surface area contributed by atoms with Crippen LogP contribution in [0.15, 0.2) is 24.3 Å². The number of amides is 1. The molecule has 1 amide bonds. The number of benzene rings is 1. The number of carbonyl (C=O) groups is 2. The van der Waals surface area contributed by atoms with Crippen molar-refractivity contribution in [1.29, 1.82) is 0 Å². The Balaban J connectivity index is 1.86. The van der Waals surface area contributed by atoms with Crippen LogP contribution in [0.4, 0.5) is 11.4 Å². The third-order valence-corrected chi connectivity index (χ3v) is 6.48. The summed E-state index contributed by atoms with van der Waals surface area (Å²) in [5.74, 6) is -0.00136. The van der Waals surface area contributed by atoms with Gasteiger partial charge < -0.3 is 5.32 Å². The Kier molecular flexibility index (Phi) is 3.15. The molecular formula is C17H20N2O4. The molecule has 2 saturated carbocycles. The molecule has 0 aromatic heterocycles. The maximum Gasteiger partial charge on any atom is 0.269 e. The zero-order chi connectivity index (χ0) is 17.0. The predicted octanol–water partition coefficient (Wildman–Crippen LogP) is 3.32. The molecule has 2 aliphatic rings. The highest BCUT2D eigenvalue weighted by molar-refractivity contribution is 6.04. The highest BCUT2D eigenvalue weighted by Crippen LogP contribution is 2.70. The lowest BCUT2D eigenvalue weighted by atomic mass is 9.64. The van der Waals surface area contributed by atoms with Gasteiger partial charge in [-0.15, -0.1) is 0 Å². The van der Waals surface area contributed by atoms with E-state index in [0.717, 1.165) is 6.42 Å². The van der Waals surface area contributed by atoms with Crippen molar-refractivity contribution in [2.24, 2.45) is 16.2 Å². The van der Waals surface area contributed by atoms with Gasteiger partial charge in [0, 0.05) is 29.7 Å². The van der Waals surface area contributed by atoms with E-state index in [4.69, 9.17) is 0 Å². The van der Waals surface area contributed by atoms with Gasteiger partial charge in [-0.2, -0.15) is 0 Å². The number of nitro groups is 1. The van der Waals surface area contributed by atoms with Gasteiger partial charge in [-0.25, -0.2) is 0 Å². The first kappa shape index (κ1) is 15.6. The summed E-state index contributed by atoms with van der Waals surface area (Å²) < 4.78 is 0. The maximum atomic E-state index is 12.9. The lowest BCUT2D eigenvalue weighted by Crippen LogP contribution is -2.43. The van der Waals surface area contributed by atoms with Crippen LogP contribution in [0.5, 0.6) is 0 Å². The van der Waals surface area contributed by atoms with Crippen LogP contribution in [0.1, 0.15) is 40.0 Å². The van der Waals surface area contributed by atoms with E-state index >= 15 is 0 Å². The predicted molar refractivity (Wildman–Crippen MR) is 84.9 cm³/mol. The third-order valence-electron chi connectivity index (χ3n) is 6.48. The molecule has 0 aliphatic heterocycles. The Morgan fingerprint density at radius 2 is 1.78 bits per heavy atom. The van der Waals surface area contributed by atoms with Crippen molar-refractivity contribution in [1.82, 2.24) is 0 Å². The summed E-state index contributed by atoms with van der Waals surface area (Å²) in [5, 5.41) is 13.5. The van der Waals surface area contributed by atoms with Crippen molar-refractivity contribution in [2.75, 3.05) is 5.32 Å². The molecule has 0 saturated heterocycles. The fourth-order valence-electron chi connectivity index (χ4n) is 4.28. The third kappa shape index (κ3) is 1.87. The summed E-state index contributed by atoms with van der Waals surface area (Å²) in [6.07, 6.45) is 1.70. The monoisotopic (exact) mass is 316 g/mol. The smallest absolute Gasteiger partial charge is 0.269 e. The van der Waals surface area contributed by atoms with Gasteiger partial charge in [0.1, 0.15) is 5.78 Å². The highest BCUT2D eigenvalue weighted by atomic mass is 16.6. The molecule has 1 aromatic rings. The molecular weight excluding hydrogens is 296 g/mol. The van der Waals surface area contributed by atoms with Gasteiger partial charge in [0.05, 0.1) is 10.3 Å². The van der Waals surface area contributed by atoms with Crippen LogP contribution in [-0.2, 0) is 9.59 Å². The van der Waals surface area contributed by atoms with Crippen molar-refractivity contribution in [3.8, 4) is 0 Å². The Morgan fingerprint density at radius 3 is 2.22 bits per heavy atom. The average Bonchev–Trinajstić information content (AvgIpc) is 2.78. The summed E-state index contributed by atoms with van der Waals surface area (Å²) in [6, 6.07) is 5.75. The number of carbonyl (C=O) groups excluding carboxylic acids is 2. The minimum absolute atomic E-state index is 0.0222. The van der Waals surface area contributed by atoms with E-state index in [-0.39, 0.29) is 23.8 Å². The maximum absolute atomic E-state index is 12.9. The lowest BCUT2D eigenvalue weighted by molar-refractivity contribution is -0.384. The number of fused-ring (bicyclic) bond motifs is 2. The van der Waals surface area contributed by atoms with Crippen LogP contribution in [0, 0.1) is 26.4 Å². The van der Waals surface area contributed by atoms with Crippen LogP contribution in [0.25, 0.3) is 0 Å². The van der Waals surface area contributed by atoms with Crippen molar-refractivity contribution in [3.05, 3.63) is 34.4 Å². The molecule has 0 radical (unpaired) electrons. The summed E-state index contributed by atoms with van der Waals surface area (Å²) in [6.45, 7) is 5.96. The molecule has 1 aromatic carbocycles. The summed E-state index contributed by atoms with van der Waals surface area (Å²) in [7, 11) is 0. The SMILES string of the molecule is CC1(C)[C@]2(C(=O)Nc3ccc([N+](=O)[O-])cc3)CC[C@@]1(C)C(=O)C2. The normalized spacial score (nSPS) is 31.2. The van der Waals surface area contributed by atoms with E-state index in [0.29, 0.717) is 12.1 Å². The number of hydrogen-bond acceptors (Lipinski definition) is 4. The molecule has 0 spiro atoms. The first-order chi connectivity index (χ1) is 10.6. The van der Waals surface area contributed by atoms with E-state index < -0.39 is 21.2 Å². The van der Waals surface area contributed by atoms with Gasteiger partial charge in [0.15, 0.2) is 0 Å². The zero-order valence-electron chi connectivity index (χ0n) is 13.5. The Labute approximate surface area is 134 Å². The summed E-state index contributed by atoms with van der Waals surface area (Å²) in [4.78, 5) is 35.5. The fraction of sp³-hybridized carbons (Fsp3) is 0.529. The molecule has 1 N–H and O–H groups in total. The summed E-state index contributed by atoms with van der Waals surface area (Å²) >= 11 is 0. The Hall–Kier alpha value is -2.24. The number of hydrogen-bond donors (Lipinski definition) is 1. The number of rotatable bonds is 3. The molecule has 122 valence electrons. The van der Waals surface area contributed by atoms with Gasteiger partial charge >= 0.3 is 0 Å². The topological polar surface area (TPSA) is 89.3 Å². The number of ketones is 1. The first-order valence-corrected chi connectivity index (χ1v) is 7.73. The Morgan fingerprint density at radius 1 is 1.17 bits per heavy atom. The van der Waals surface area contributed by atoms with Gasteiger partial charge in [-0.3, -0.25) is 19.7 Å². The molecule has 2 aliphatic carbocycles. The molecule has 2 fully saturated rings. The molecule has 3 rings (SSSR count). The minimum Gasteiger partial charge on any atom is -0.326 e. The van der Waals surface area contributed by atoms with Crippen LogP contribution in [0.3, 0.4) is 0 Å². The summed E-state index contributed by atoms with van der Waals surface area (Å²) in [5.41, 5.74) is -1.05. The van der Waals surface area contributed by atoms with Gasteiger partial charge in [-0.05, 0) is 30.4 Å². The second kappa shape index (κ2) is 4.63. The van der Waals surface area contributed by atoms with E-state index in [1.54, 1.807) is 0 Å². The molecule has 0 heterocycles. The average molecular weight is 316 g/mol. The number of nitrogens with one attached hydrogen (secondary N) is 1. The van der Waals surface area contributed by atoms with Crippen molar-refractivity contribution in [2.45, 2.75) is 40.0 Å². The number of nitro benzene ring substituents is 1. The quantitative estimate of drug-likeness (QED) is 0.684. The second-order valence-electron chi connectivity index (χ2n) is 7.40. The van der Waals surface area contributed by atoms with Gasteiger partial charge in [0.25, 0.3) is 5.69 Å². The molecule has 0 unspecified atom stereocenters.